The summed E-state index contributed by atoms with van der Waals surface area (Å²) < 4.78 is 159. The molecule has 0 N–H and O–H groups in total. The van der Waals surface area contributed by atoms with E-state index in [1.807, 2.05) is 56.3 Å². The fraction of sp³-hybridized carbons (Fsp3) is 0.280. The van der Waals surface area contributed by atoms with Crippen molar-refractivity contribution in [2.45, 2.75) is 78.2 Å². The maximum Gasteiger partial charge on any atom is 0.416 e. The van der Waals surface area contributed by atoms with Crippen molar-refractivity contribution in [2.75, 3.05) is 19.0 Å². The van der Waals surface area contributed by atoms with Crippen LogP contribution in [0.4, 0.5) is 58.4 Å². The number of carbonyl (C=O) groups is 2. The number of anilines is 1. The standard InChI is InChI=1S/C26H24F6N2O.C24H20F6N2O/c1-15-8-6-7-9-20(15)21-10-16(2)33-14-22(21)34(5)23(35)24(3,4)17-11-18(25(27,28)29)13-19(12-17)26(30,31)32;1-14-6-4-5-7-19(14)20-8-15(2)31-12-21(20)22(33)32(3)13-16-9-17(23(25,26)27)11-18(10-16)24(28,29)30/h6-14H,1-5H3;4-12H,13H2,1-3H3. The average Bonchev–Trinajstić information content (AvgIpc) is 3.24. The van der Waals surface area contributed by atoms with Crippen molar-refractivity contribution >= 4 is 17.5 Å². The molecule has 6 nitrogen and oxygen atoms in total. The van der Waals surface area contributed by atoms with Crippen molar-refractivity contribution in [3.63, 3.8) is 0 Å². The van der Waals surface area contributed by atoms with Crippen molar-refractivity contribution in [1.82, 2.24) is 14.9 Å². The number of likely N-dealkylation sites (N-methyl/N-ethyl adjacent to an activating group) is 1. The topological polar surface area (TPSA) is 66.4 Å². The Morgan fingerprint density at radius 1 is 0.500 bits per heavy atom. The number of hydrogen-bond donors (Lipinski definition) is 0. The Morgan fingerprint density at radius 2 is 0.882 bits per heavy atom. The summed E-state index contributed by atoms with van der Waals surface area (Å²) in [5.74, 6) is -1.27. The van der Waals surface area contributed by atoms with Gasteiger partial charge in [0.15, 0.2) is 0 Å². The summed E-state index contributed by atoms with van der Waals surface area (Å²) in [4.78, 5) is 37.5. The highest BCUT2D eigenvalue weighted by Crippen LogP contribution is 2.42. The highest BCUT2D eigenvalue weighted by atomic mass is 19.4. The summed E-state index contributed by atoms with van der Waals surface area (Å²) in [5.41, 5.74) is -1.61. The largest absolute Gasteiger partial charge is 0.416 e. The molecule has 0 bridgehead atoms. The van der Waals surface area contributed by atoms with Crippen LogP contribution < -0.4 is 4.90 Å². The quantitative estimate of drug-likeness (QED) is 0.143. The second kappa shape index (κ2) is 19.5. The van der Waals surface area contributed by atoms with Gasteiger partial charge in [-0.3, -0.25) is 19.6 Å². The first-order valence-electron chi connectivity index (χ1n) is 20.5. The van der Waals surface area contributed by atoms with E-state index in [1.165, 1.54) is 45.2 Å². The maximum absolute atomic E-state index is 13.6. The first-order valence-corrected chi connectivity index (χ1v) is 20.5. The highest BCUT2D eigenvalue weighted by molar-refractivity contribution is 6.03. The van der Waals surface area contributed by atoms with Crippen LogP contribution in [0.15, 0.2) is 109 Å². The normalized spacial score (nSPS) is 12.3. The fourth-order valence-electron chi connectivity index (χ4n) is 7.37. The molecule has 0 unspecified atom stereocenters. The van der Waals surface area contributed by atoms with Gasteiger partial charge in [-0.15, -0.1) is 0 Å². The van der Waals surface area contributed by atoms with Gasteiger partial charge in [-0.25, -0.2) is 0 Å². The molecule has 0 saturated carbocycles. The van der Waals surface area contributed by atoms with E-state index < -0.39 is 76.3 Å². The number of aryl methyl sites for hydroxylation is 4. The number of aromatic nitrogens is 2. The summed E-state index contributed by atoms with van der Waals surface area (Å²) in [7, 11) is 2.74. The number of carbonyl (C=O) groups excluding carboxylic acids is 2. The number of halogens is 12. The zero-order valence-corrected chi connectivity index (χ0v) is 37.7. The minimum atomic E-state index is -5.01. The number of rotatable bonds is 8. The Balaban J connectivity index is 0.000000255. The number of hydrogen-bond acceptors (Lipinski definition) is 4. The van der Waals surface area contributed by atoms with Crippen LogP contribution in [-0.4, -0.2) is 40.8 Å². The van der Waals surface area contributed by atoms with Crippen LogP contribution >= 0.6 is 0 Å². The highest BCUT2D eigenvalue weighted by Gasteiger charge is 2.42. The van der Waals surface area contributed by atoms with E-state index >= 15 is 0 Å². The van der Waals surface area contributed by atoms with Crippen molar-refractivity contribution in [1.29, 1.82) is 0 Å². The van der Waals surface area contributed by atoms with Crippen LogP contribution in [0, 0.1) is 27.7 Å². The van der Waals surface area contributed by atoms with Gasteiger partial charge in [0, 0.05) is 43.8 Å². The van der Waals surface area contributed by atoms with Gasteiger partial charge in [0.05, 0.1) is 45.1 Å². The van der Waals surface area contributed by atoms with Gasteiger partial charge in [-0.05, 0) is 129 Å². The molecule has 6 aromatic rings. The molecule has 2 amide bonds. The van der Waals surface area contributed by atoms with E-state index in [-0.39, 0.29) is 23.3 Å². The van der Waals surface area contributed by atoms with Crippen molar-refractivity contribution in [3.05, 3.63) is 171 Å². The molecule has 0 radical (unpaired) electrons. The lowest BCUT2D eigenvalue weighted by Crippen LogP contribution is -2.42. The molecule has 0 aliphatic heterocycles. The van der Waals surface area contributed by atoms with Crippen molar-refractivity contribution < 1.29 is 62.3 Å². The SMILES string of the molecule is Cc1cc(-c2ccccc2C)c(C(=O)N(C)Cc2cc(C(F)(F)F)cc(C(F)(F)F)c2)cn1.Cc1cc(-c2ccccc2C)c(N(C)C(=O)C(C)(C)c2cc(C(F)(F)F)cc(C(F)(F)F)c2)cn1. The third-order valence-corrected chi connectivity index (χ3v) is 11.1. The van der Waals surface area contributed by atoms with Crippen molar-refractivity contribution in [3.8, 4) is 22.3 Å². The third kappa shape index (κ3) is 12.0. The van der Waals surface area contributed by atoms with Gasteiger partial charge >= 0.3 is 24.7 Å². The Bertz CT molecular complexity index is 2760. The predicted octanol–water partition coefficient (Wildman–Crippen LogP) is 14.0. The zero-order valence-electron chi connectivity index (χ0n) is 37.7. The van der Waals surface area contributed by atoms with Gasteiger partial charge in [-0.1, -0.05) is 48.5 Å². The van der Waals surface area contributed by atoms with Crippen LogP contribution in [-0.2, 0) is 41.5 Å². The molecule has 6 rings (SSSR count). The summed E-state index contributed by atoms with van der Waals surface area (Å²) >= 11 is 0. The molecular formula is C50H44F12N4O2. The smallest absolute Gasteiger partial charge is 0.337 e. The van der Waals surface area contributed by atoms with E-state index in [0.29, 0.717) is 52.5 Å². The molecular weight excluding hydrogens is 917 g/mol. The van der Waals surface area contributed by atoms with E-state index in [1.54, 1.807) is 32.0 Å². The number of amides is 2. The zero-order chi connectivity index (χ0) is 50.9. The molecule has 0 aliphatic rings. The number of pyridine rings is 2. The first kappa shape index (κ1) is 52.3. The Kier molecular flexibility index (Phi) is 15.0. The summed E-state index contributed by atoms with van der Waals surface area (Å²) in [6.07, 6.45) is -17.1. The molecule has 2 heterocycles. The van der Waals surface area contributed by atoms with E-state index in [9.17, 15) is 62.3 Å². The minimum absolute atomic E-state index is 0.0496. The molecule has 18 heteroatoms. The summed E-state index contributed by atoms with van der Waals surface area (Å²) in [5, 5.41) is 0. The predicted molar refractivity (Wildman–Crippen MR) is 233 cm³/mol. The Labute approximate surface area is 384 Å². The van der Waals surface area contributed by atoms with E-state index in [0.717, 1.165) is 27.2 Å². The number of alkyl halides is 12. The van der Waals surface area contributed by atoms with Gasteiger partial charge in [0.1, 0.15) is 0 Å². The lowest BCUT2D eigenvalue weighted by Gasteiger charge is -2.32. The van der Waals surface area contributed by atoms with Crippen LogP contribution in [0.1, 0.15) is 80.1 Å². The maximum atomic E-state index is 13.6. The first-order chi connectivity index (χ1) is 31.3. The number of nitrogens with zero attached hydrogens (tertiary/aromatic N) is 4. The monoisotopic (exact) mass is 960 g/mol. The van der Waals surface area contributed by atoms with E-state index in [2.05, 4.69) is 9.97 Å². The molecule has 68 heavy (non-hydrogen) atoms. The molecule has 0 atom stereocenters. The summed E-state index contributed by atoms with van der Waals surface area (Å²) in [6, 6.07) is 20.8. The summed E-state index contributed by atoms with van der Waals surface area (Å²) in [6.45, 7) is 9.44. The molecule has 0 fully saturated rings. The molecule has 0 saturated heterocycles. The second-order valence-electron chi connectivity index (χ2n) is 16.7. The van der Waals surface area contributed by atoms with Gasteiger partial charge in [0.2, 0.25) is 5.91 Å². The van der Waals surface area contributed by atoms with Crippen LogP contribution in [0.5, 0.6) is 0 Å². The van der Waals surface area contributed by atoms with Crippen molar-refractivity contribution in [2.24, 2.45) is 0 Å². The Hall–Kier alpha value is -6.72. The lowest BCUT2D eigenvalue weighted by atomic mass is 9.81. The number of benzene rings is 4. The fourth-order valence-corrected chi connectivity index (χ4v) is 7.37. The van der Waals surface area contributed by atoms with Crippen LogP contribution in [0.25, 0.3) is 22.3 Å². The second-order valence-corrected chi connectivity index (χ2v) is 16.7. The lowest BCUT2D eigenvalue weighted by molar-refractivity contribution is -0.144. The molecule has 4 aromatic carbocycles. The third-order valence-electron chi connectivity index (χ3n) is 11.1. The molecule has 2 aromatic heterocycles. The van der Waals surface area contributed by atoms with Crippen LogP contribution in [0.2, 0.25) is 0 Å². The minimum Gasteiger partial charge on any atom is -0.337 e. The van der Waals surface area contributed by atoms with Gasteiger partial charge in [0.25, 0.3) is 5.91 Å². The molecule has 0 aliphatic carbocycles. The average molecular weight is 961 g/mol. The van der Waals surface area contributed by atoms with Crippen LogP contribution in [0.3, 0.4) is 0 Å². The molecule has 360 valence electrons. The molecule has 0 spiro atoms. The van der Waals surface area contributed by atoms with E-state index in [4.69, 9.17) is 0 Å². The van der Waals surface area contributed by atoms with Gasteiger partial charge < -0.3 is 9.80 Å². The Morgan fingerprint density at radius 3 is 1.32 bits per heavy atom. The van der Waals surface area contributed by atoms with Gasteiger partial charge in [-0.2, -0.15) is 52.7 Å².